The van der Waals surface area contributed by atoms with Crippen molar-refractivity contribution in [2.24, 2.45) is 0 Å². The third-order valence-electron chi connectivity index (χ3n) is 4.40. The topological polar surface area (TPSA) is 33.5 Å². The van der Waals surface area contributed by atoms with Crippen LogP contribution in [0.5, 0.6) is 0 Å². The minimum Gasteiger partial charge on any atom is -0.464 e. The molecule has 0 unspecified atom stereocenters. The van der Waals surface area contributed by atoms with Crippen molar-refractivity contribution in [2.45, 2.75) is 26.8 Å². The first-order chi connectivity index (χ1) is 11.5. The summed E-state index contributed by atoms with van der Waals surface area (Å²) in [5.41, 5.74) is 4.48. The van der Waals surface area contributed by atoms with Crippen molar-refractivity contribution in [3.05, 3.63) is 70.7 Å². The monoisotopic (exact) mass is 325 g/mol. The first kappa shape index (κ1) is 16.2. The predicted octanol–water partition coefficient (Wildman–Crippen LogP) is 4.39. The second-order valence-electron chi connectivity index (χ2n) is 6.21. The normalized spacial score (nSPS) is 11.0. The Kier molecular flexibility index (Phi) is 4.38. The van der Waals surface area contributed by atoms with Gasteiger partial charge < -0.3 is 9.32 Å². The van der Waals surface area contributed by atoms with E-state index in [9.17, 15) is 9.18 Å². The number of benzene rings is 2. The number of halogens is 1. The SMILES string of the molecule is Cc1cc2occ(CC(=O)N(C)Cc3ccccc3F)c2cc1C. The highest BCUT2D eigenvalue weighted by Gasteiger charge is 2.16. The molecule has 0 fully saturated rings. The maximum atomic E-state index is 13.7. The van der Waals surface area contributed by atoms with Crippen LogP contribution in [0.25, 0.3) is 11.0 Å². The Labute approximate surface area is 140 Å². The van der Waals surface area contributed by atoms with Gasteiger partial charge in [0, 0.05) is 30.1 Å². The lowest BCUT2D eigenvalue weighted by Gasteiger charge is -2.17. The molecule has 0 aliphatic carbocycles. The van der Waals surface area contributed by atoms with Gasteiger partial charge in [0.05, 0.1) is 12.7 Å². The molecule has 0 aliphatic rings. The summed E-state index contributed by atoms with van der Waals surface area (Å²) < 4.78 is 19.3. The number of likely N-dealkylation sites (N-methyl/N-ethyl adjacent to an activating group) is 1. The molecule has 2 aromatic carbocycles. The van der Waals surface area contributed by atoms with Crippen LogP contribution in [-0.4, -0.2) is 17.9 Å². The van der Waals surface area contributed by atoms with E-state index in [1.165, 1.54) is 11.0 Å². The smallest absolute Gasteiger partial charge is 0.227 e. The molecular formula is C20H20FNO2. The van der Waals surface area contributed by atoms with Crippen molar-refractivity contribution in [1.29, 1.82) is 0 Å². The van der Waals surface area contributed by atoms with Crippen LogP contribution in [0.2, 0.25) is 0 Å². The minimum absolute atomic E-state index is 0.0702. The van der Waals surface area contributed by atoms with Gasteiger partial charge >= 0.3 is 0 Å². The van der Waals surface area contributed by atoms with Gasteiger partial charge in [-0.1, -0.05) is 18.2 Å². The van der Waals surface area contributed by atoms with Crippen molar-refractivity contribution in [3.63, 3.8) is 0 Å². The number of amides is 1. The molecule has 0 radical (unpaired) electrons. The summed E-state index contributed by atoms with van der Waals surface area (Å²) in [5, 5.41) is 0.964. The minimum atomic E-state index is -0.294. The fourth-order valence-corrected chi connectivity index (χ4v) is 2.74. The molecule has 1 heterocycles. The molecule has 1 aromatic heterocycles. The third kappa shape index (κ3) is 3.18. The van der Waals surface area contributed by atoms with Crippen LogP contribution >= 0.6 is 0 Å². The summed E-state index contributed by atoms with van der Waals surface area (Å²) in [6, 6.07) is 10.5. The van der Waals surface area contributed by atoms with Gasteiger partial charge in [-0.2, -0.15) is 0 Å². The Balaban J connectivity index is 1.77. The molecule has 3 rings (SSSR count). The van der Waals surface area contributed by atoms with Crippen LogP contribution in [-0.2, 0) is 17.8 Å². The van der Waals surface area contributed by atoms with Crippen LogP contribution < -0.4 is 0 Å². The average Bonchev–Trinajstić information content (AvgIpc) is 2.92. The zero-order valence-corrected chi connectivity index (χ0v) is 14.1. The fourth-order valence-electron chi connectivity index (χ4n) is 2.74. The first-order valence-electron chi connectivity index (χ1n) is 7.90. The largest absolute Gasteiger partial charge is 0.464 e. The lowest BCUT2D eigenvalue weighted by molar-refractivity contribution is -0.129. The molecule has 0 N–H and O–H groups in total. The van der Waals surface area contributed by atoms with Crippen LogP contribution in [0.15, 0.2) is 47.1 Å². The third-order valence-corrected chi connectivity index (χ3v) is 4.40. The Morgan fingerprint density at radius 2 is 1.83 bits per heavy atom. The van der Waals surface area contributed by atoms with E-state index >= 15 is 0 Å². The van der Waals surface area contributed by atoms with Gasteiger partial charge in [-0.25, -0.2) is 4.39 Å². The van der Waals surface area contributed by atoms with Gasteiger partial charge in [0.15, 0.2) is 0 Å². The zero-order valence-electron chi connectivity index (χ0n) is 14.1. The number of carbonyl (C=O) groups excluding carboxylic acids is 1. The summed E-state index contributed by atoms with van der Waals surface area (Å²) in [5.74, 6) is -0.365. The van der Waals surface area contributed by atoms with Crippen LogP contribution in [0.3, 0.4) is 0 Å². The fraction of sp³-hybridized carbons (Fsp3) is 0.250. The van der Waals surface area contributed by atoms with Gasteiger partial charge in [-0.15, -0.1) is 0 Å². The Hall–Kier alpha value is -2.62. The lowest BCUT2D eigenvalue weighted by atomic mass is 10.0. The van der Waals surface area contributed by atoms with Gasteiger partial charge in [0.1, 0.15) is 11.4 Å². The first-order valence-corrected chi connectivity index (χ1v) is 7.90. The van der Waals surface area contributed by atoms with E-state index in [0.29, 0.717) is 5.56 Å². The number of carbonyl (C=O) groups is 1. The summed E-state index contributed by atoms with van der Waals surface area (Å²) in [4.78, 5) is 14.0. The van der Waals surface area contributed by atoms with Crippen molar-refractivity contribution >= 4 is 16.9 Å². The quantitative estimate of drug-likeness (QED) is 0.713. The number of hydrogen-bond donors (Lipinski definition) is 0. The highest BCUT2D eigenvalue weighted by Crippen LogP contribution is 2.25. The van der Waals surface area contributed by atoms with E-state index < -0.39 is 0 Å². The Morgan fingerprint density at radius 3 is 2.58 bits per heavy atom. The second kappa shape index (κ2) is 6.48. The maximum Gasteiger partial charge on any atom is 0.227 e. The molecule has 3 aromatic rings. The van der Waals surface area contributed by atoms with E-state index in [0.717, 1.165) is 27.7 Å². The number of furan rings is 1. The molecule has 0 saturated carbocycles. The molecule has 24 heavy (non-hydrogen) atoms. The highest BCUT2D eigenvalue weighted by atomic mass is 19.1. The van der Waals surface area contributed by atoms with E-state index in [2.05, 4.69) is 0 Å². The van der Waals surface area contributed by atoms with E-state index in [4.69, 9.17) is 4.42 Å². The van der Waals surface area contributed by atoms with Gasteiger partial charge in [-0.05, 0) is 43.2 Å². The molecule has 1 amide bonds. The van der Waals surface area contributed by atoms with Crippen LogP contribution in [0.1, 0.15) is 22.3 Å². The maximum absolute atomic E-state index is 13.7. The molecule has 124 valence electrons. The summed E-state index contributed by atoms with van der Waals surface area (Å²) in [6.07, 6.45) is 1.87. The van der Waals surface area contributed by atoms with Crippen molar-refractivity contribution in [3.8, 4) is 0 Å². The lowest BCUT2D eigenvalue weighted by Crippen LogP contribution is -2.28. The molecule has 0 atom stereocenters. The molecule has 0 saturated heterocycles. The number of nitrogens with zero attached hydrogens (tertiary/aromatic N) is 1. The summed E-state index contributed by atoms with van der Waals surface area (Å²) in [7, 11) is 1.69. The molecule has 0 spiro atoms. The van der Waals surface area contributed by atoms with E-state index in [1.54, 1.807) is 31.5 Å². The van der Waals surface area contributed by atoms with Gasteiger partial charge in [-0.3, -0.25) is 4.79 Å². The highest BCUT2D eigenvalue weighted by molar-refractivity contribution is 5.88. The number of rotatable bonds is 4. The standard InChI is InChI=1S/C20H20FNO2/c1-13-8-17-16(12-24-19(17)9-14(13)2)10-20(23)22(3)11-15-6-4-5-7-18(15)21/h4-9,12H,10-11H2,1-3H3. The average molecular weight is 325 g/mol. The molecule has 0 bridgehead atoms. The molecule has 0 aliphatic heterocycles. The summed E-state index contributed by atoms with van der Waals surface area (Å²) >= 11 is 0. The summed E-state index contributed by atoms with van der Waals surface area (Å²) in [6.45, 7) is 4.32. The number of hydrogen-bond acceptors (Lipinski definition) is 2. The number of aryl methyl sites for hydroxylation is 2. The zero-order chi connectivity index (χ0) is 17.3. The predicted molar refractivity (Wildman–Crippen MR) is 92.3 cm³/mol. The second-order valence-corrected chi connectivity index (χ2v) is 6.21. The van der Waals surface area contributed by atoms with Crippen LogP contribution in [0, 0.1) is 19.7 Å². The Bertz CT molecular complexity index is 898. The van der Waals surface area contributed by atoms with Crippen LogP contribution in [0.4, 0.5) is 4.39 Å². The van der Waals surface area contributed by atoms with Gasteiger partial charge in [0.2, 0.25) is 5.91 Å². The van der Waals surface area contributed by atoms with E-state index in [-0.39, 0.29) is 24.7 Å². The van der Waals surface area contributed by atoms with Gasteiger partial charge in [0.25, 0.3) is 0 Å². The molecular weight excluding hydrogens is 305 g/mol. The van der Waals surface area contributed by atoms with Crippen molar-refractivity contribution < 1.29 is 13.6 Å². The van der Waals surface area contributed by atoms with E-state index in [1.807, 2.05) is 26.0 Å². The molecule has 3 nitrogen and oxygen atoms in total. The van der Waals surface area contributed by atoms with Crippen molar-refractivity contribution in [1.82, 2.24) is 4.90 Å². The number of fused-ring (bicyclic) bond motifs is 1. The molecule has 4 heteroatoms. The Morgan fingerprint density at radius 1 is 1.12 bits per heavy atom. The van der Waals surface area contributed by atoms with Crippen molar-refractivity contribution in [2.75, 3.05) is 7.05 Å².